The van der Waals surface area contributed by atoms with Gasteiger partial charge in [-0.1, -0.05) is 23.7 Å². The minimum Gasteiger partial charge on any atom is -0.485 e. The summed E-state index contributed by atoms with van der Waals surface area (Å²) in [6.07, 6.45) is 1.50. The molecule has 4 rings (SSSR count). The van der Waals surface area contributed by atoms with Crippen LogP contribution in [0.3, 0.4) is 0 Å². The topological polar surface area (TPSA) is 111 Å². The van der Waals surface area contributed by atoms with Crippen molar-refractivity contribution >= 4 is 40.6 Å². The number of esters is 1. The number of aromatic nitrogens is 2. The van der Waals surface area contributed by atoms with Crippen LogP contribution < -0.4 is 20.9 Å². The van der Waals surface area contributed by atoms with Crippen LogP contribution in [0.25, 0.3) is 5.65 Å². The van der Waals surface area contributed by atoms with E-state index in [-0.39, 0.29) is 18.8 Å². The molecule has 2 amide bonds. The number of fused-ring (bicyclic) bond motifs is 1. The molecule has 0 saturated carbocycles. The number of pyridine rings is 1. The highest BCUT2D eigenvalue weighted by Gasteiger charge is 2.11. The number of urea groups is 1. The van der Waals surface area contributed by atoms with E-state index in [1.54, 1.807) is 67.6 Å². The average molecular weight is 493 g/mol. The lowest BCUT2D eigenvalue weighted by Crippen LogP contribution is -2.20. The Balaban J connectivity index is 1.41. The maximum Gasteiger partial charge on any atom is 0.338 e. The molecular weight excluding hydrogens is 472 g/mol. The standard InChI is InChI=1S/C25H21ClN4O5/c1-2-34-24(32)16-7-10-18(11-8-16)28-25(33)29-20-5-3-4-6-21(20)35-15-19-13-23(31)30-14-17(26)9-12-22(30)27-19/h3-14H,2,15H2,1H3,(H2,28,29,33). The summed E-state index contributed by atoms with van der Waals surface area (Å²) in [6.45, 7) is 2.03. The van der Waals surface area contributed by atoms with E-state index in [0.717, 1.165) is 0 Å². The molecule has 0 aliphatic rings. The number of hydrogen-bond acceptors (Lipinski definition) is 6. The van der Waals surface area contributed by atoms with Crippen LogP contribution in [0, 0.1) is 0 Å². The van der Waals surface area contributed by atoms with E-state index in [4.69, 9.17) is 21.1 Å². The Morgan fingerprint density at radius 1 is 1.03 bits per heavy atom. The molecule has 2 aromatic heterocycles. The minimum absolute atomic E-state index is 0.0179. The van der Waals surface area contributed by atoms with E-state index in [1.165, 1.54) is 16.7 Å². The van der Waals surface area contributed by atoms with Crippen LogP contribution in [-0.4, -0.2) is 28.0 Å². The minimum atomic E-state index is -0.496. The molecule has 10 heteroatoms. The van der Waals surface area contributed by atoms with Crippen LogP contribution in [0.1, 0.15) is 23.0 Å². The van der Waals surface area contributed by atoms with Gasteiger partial charge in [-0.15, -0.1) is 0 Å². The number of nitrogens with one attached hydrogen (secondary N) is 2. The summed E-state index contributed by atoms with van der Waals surface area (Å²) in [5.74, 6) is -0.0274. The van der Waals surface area contributed by atoms with Crippen molar-refractivity contribution in [3.05, 3.63) is 99.6 Å². The van der Waals surface area contributed by atoms with Crippen LogP contribution in [0.2, 0.25) is 5.02 Å². The normalized spacial score (nSPS) is 10.6. The number of benzene rings is 2. The van der Waals surface area contributed by atoms with Gasteiger partial charge in [0.05, 0.1) is 28.6 Å². The molecule has 0 spiro atoms. The molecule has 4 aromatic rings. The van der Waals surface area contributed by atoms with E-state index >= 15 is 0 Å². The van der Waals surface area contributed by atoms with Gasteiger partial charge in [-0.05, 0) is 55.5 Å². The molecular formula is C25H21ClN4O5. The number of ether oxygens (including phenoxy) is 2. The molecule has 35 heavy (non-hydrogen) atoms. The number of hydrogen-bond donors (Lipinski definition) is 2. The first kappa shape index (κ1) is 23.8. The zero-order valence-electron chi connectivity index (χ0n) is 18.7. The summed E-state index contributed by atoms with van der Waals surface area (Å²) in [7, 11) is 0. The number of anilines is 2. The summed E-state index contributed by atoms with van der Waals surface area (Å²) in [4.78, 5) is 41.0. The van der Waals surface area contributed by atoms with Crippen LogP contribution in [0.5, 0.6) is 5.75 Å². The Morgan fingerprint density at radius 2 is 1.80 bits per heavy atom. The first-order valence-corrected chi connectivity index (χ1v) is 11.1. The maximum absolute atomic E-state index is 12.5. The lowest BCUT2D eigenvalue weighted by atomic mass is 10.2. The Morgan fingerprint density at radius 3 is 2.57 bits per heavy atom. The fourth-order valence-electron chi connectivity index (χ4n) is 3.24. The zero-order valence-corrected chi connectivity index (χ0v) is 19.4. The van der Waals surface area contributed by atoms with Crippen molar-refractivity contribution in [2.24, 2.45) is 0 Å². The zero-order chi connectivity index (χ0) is 24.8. The SMILES string of the molecule is CCOC(=O)c1ccc(NC(=O)Nc2ccccc2OCc2cc(=O)n3cc(Cl)ccc3n2)cc1. The maximum atomic E-state index is 12.5. The van der Waals surface area contributed by atoms with Gasteiger partial charge in [0.25, 0.3) is 5.56 Å². The molecule has 0 aliphatic heterocycles. The van der Waals surface area contributed by atoms with Gasteiger partial charge in [0.2, 0.25) is 0 Å². The predicted octanol–water partition coefficient (Wildman–Crippen LogP) is 4.75. The summed E-state index contributed by atoms with van der Waals surface area (Å²) in [5.41, 5.74) is 1.91. The van der Waals surface area contributed by atoms with Crippen molar-refractivity contribution in [1.82, 2.24) is 9.38 Å². The van der Waals surface area contributed by atoms with Crippen molar-refractivity contribution in [3.63, 3.8) is 0 Å². The molecule has 2 aromatic carbocycles. The first-order chi connectivity index (χ1) is 16.9. The Labute approximate surface area is 205 Å². The molecule has 0 unspecified atom stereocenters. The Bertz CT molecular complexity index is 1440. The second-order valence-electron chi connectivity index (χ2n) is 7.32. The van der Waals surface area contributed by atoms with E-state index < -0.39 is 12.0 Å². The van der Waals surface area contributed by atoms with Gasteiger partial charge in [0.15, 0.2) is 0 Å². The third-order valence-electron chi connectivity index (χ3n) is 4.84. The number of amides is 2. The third kappa shape index (κ3) is 5.96. The molecule has 0 radical (unpaired) electrons. The van der Waals surface area contributed by atoms with Crippen LogP contribution in [-0.2, 0) is 11.3 Å². The van der Waals surface area contributed by atoms with Crippen molar-refractivity contribution in [3.8, 4) is 5.75 Å². The van der Waals surface area contributed by atoms with Gasteiger partial charge >= 0.3 is 12.0 Å². The van der Waals surface area contributed by atoms with Crippen LogP contribution >= 0.6 is 11.6 Å². The monoisotopic (exact) mass is 492 g/mol. The number of halogens is 1. The van der Waals surface area contributed by atoms with Gasteiger partial charge in [0, 0.05) is 18.0 Å². The van der Waals surface area contributed by atoms with Crippen molar-refractivity contribution in [2.75, 3.05) is 17.2 Å². The number of nitrogens with zero attached hydrogens (tertiary/aromatic N) is 2. The van der Waals surface area contributed by atoms with Crippen molar-refractivity contribution < 1.29 is 19.1 Å². The molecule has 0 fully saturated rings. The smallest absolute Gasteiger partial charge is 0.338 e. The Kier molecular flexibility index (Phi) is 7.27. The van der Waals surface area contributed by atoms with E-state index in [2.05, 4.69) is 15.6 Å². The number of rotatable bonds is 7. The summed E-state index contributed by atoms with van der Waals surface area (Å²) >= 11 is 5.94. The molecule has 0 atom stereocenters. The quantitative estimate of drug-likeness (QED) is 0.360. The highest BCUT2D eigenvalue weighted by molar-refractivity contribution is 6.30. The van der Waals surface area contributed by atoms with Crippen molar-refractivity contribution in [2.45, 2.75) is 13.5 Å². The van der Waals surface area contributed by atoms with Gasteiger partial charge in [-0.3, -0.25) is 9.20 Å². The van der Waals surface area contributed by atoms with Crippen molar-refractivity contribution in [1.29, 1.82) is 0 Å². The molecule has 178 valence electrons. The van der Waals surface area contributed by atoms with Gasteiger partial charge in [0.1, 0.15) is 18.0 Å². The fraction of sp³-hybridized carbons (Fsp3) is 0.120. The lowest BCUT2D eigenvalue weighted by Gasteiger charge is -2.13. The molecule has 2 N–H and O–H groups in total. The molecule has 0 saturated heterocycles. The highest BCUT2D eigenvalue weighted by atomic mass is 35.5. The number of carbonyl (C=O) groups is 2. The summed E-state index contributed by atoms with van der Waals surface area (Å²) in [6, 6.07) is 17.4. The number of carbonyl (C=O) groups excluding carboxylic acids is 2. The van der Waals surface area contributed by atoms with Crippen LogP contribution in [0.4, 0.5) is 16.2 Å². The summed E-state index contributed by atoms with van der Waals surface area (Å²) in [5, 5.41) is 5.86. The molecule has 0 bridgehead atoms. The Hall–Kier alpha value is -4.37. The fourth-order valence-corrected chi connectivity index (χ4v) is 3.40. The second-order valence-corrected chi connectivity index (χ2v) is 7.76. The lowest BCUT2D eigenvalue weighted by molar-refractivity contribution is 0.0526. The van der Waals surface area contributed by atoms with E-state index in [0.29, 0.717) is 39.1 Å². The second kappa shape index (κ2) is 10.7. The highest BCUT2D eigenvalue weighted by Crippen LogP contribution is 2.25. The van der Waals surface area contributed by atoms with Gasteiger partial charge < -0.3 is 20.1 Å². The number of para-hydroxylation sites is 2. The van der Waals surface area contributed by atoms with Gasteiger partial charge in [-0.2, -0.15) is 0 Å². The van der Waals surface area contributed by atoms with Gasteiger partial charge in [-0.25, -0.2) is 14.6 Å². The molecule has 2 heterocycles. The predicted molar refractivity (Wildman–Crippen MR) is 132 cm³/mol. The first-order valence-electron chi connectivity index (χ1n) is 10.7. The van der Waals surface area contributed by atoms with E-state index in [1.807, 2.05) is 0 Å². The largest absolute Gasteiger partial charge is 0.485 e. The summed E-state index contributed by atoms with van der Waals surface area (Å²) < 4.78 is 12.1. The molecule has 9 nitrogen and oxygen atoms in total. The molecule has 0 aliphatic carbocycles. The van der Waals surface area contributed by atoms with Crippen LogP contribution in [0.15, 0.2) is 77.7 Å². The average Bonchev–Trinajstić information content (AvgIpc) is 2.84. The van der Waals surface area contributed by atoms with E-state index in [9.17, 15) is 14.4 Å². The third-order valence-corrected chi connectivity index (χ3v) is 5.06.